The molecule has 1 heterocycles. The van der Waals surface area contributed by atoms with Gasteiger partial charge in [-0.05, 0) is 27.7 Å². The molecular weight excluding hydrogens is 252 g/mol. The van der Waals surface area contributed by atoms with Crippen LogP contribution in [0.25, 0.3) is 0 Å². The van der Waals surface area contributed by atoms with E-state index in [9.17, 15) is 19.7 Å². The lowest BCUT2D eigenvalue weighted by atomic mass is 10.2. The molecule has 0 radical (unpaired) electrons. The van der Waals surface area contributed by atoms with Gasteiger partial charge in [0.2, 0.25) is 0 Å². The number of carbonyl (C=O) groups is 1. The van der Waals surface area contributed by atoms with E-state index in [1.807, 2.05) is 0 Å². The van der Waals surface area contributed by atoms with Crippen molar-refractivity contribution in [2.24, 2.45) is 0 Å². The molecule has 7 heteroatoms. The summed E-state index contributed by atoms with van der Waals surface area (Å²) < 4.78 is 6.08. The summed E-state index contributed by atoms with van der Waals surface area (Å²) in [6.07, 6.45) is -0.315. The van der Waals surface area contributed by atoms with Crippen molar-refractivity contribution in [2.75, 3.05) is 0 Å². The highest BCUT2D eigenvalue weighted by atomic mass is 16.6. The Bertz CT molecular complexity index is 562. The van der Waals surface area contributed by atoms with E-state index in [0.717, 1.165) is 16.7 Å². The zero-order valence-corrected chi connectivity index (χ0v) is 11.2. The van der Waals surface area contributed by atoms with Crippen LogP contribution in [0.2, 0.25) is 0 Å². The van der Waals surface area contributed by atoms with E-state index in [1.54, 1.807) is 13.8 Å². The third-order valence-electron chi connectivity index (χ3n) is 2.63. The van der Waals surface area contributed by atoms with Crippen LogP contribution in [-0.2, 0) is 9.53 Å². The zero-order chi connectivity index (χ0) is 14.7. The molecule has 1 aromatic heterocycles. The highest BCUT2D eigenvalue weighted by Gasteiger charge is 2.24. The molecule has 0 saturated carbocycles. The molecule has 0 bridgehead atoms. The molecule has 7 nitrogen and oxygen atoms in total. The van der Waals surface area contributed by atoms with E-state index in [1.165, 1.54) is 13.8 Å². The van der Waals surface area contributed by atoms with E-state index in [0.29, 0.717) is 0 Å². The Hall–Kier alpha value is -2.18. The minimum Gasteiger partial charge on any atom is -0.461 e. The maximum atomic E-state index is 11.8. The number of hydrogen-bond donors (Lipinski definition) is 0. The van der Waals surface area contributed by atoms with Crippen molar-refractivity contribution in [1.29, 1.82) is 0 Å². The van der Waals surface area contributed by atoms with Gasteiger partial charge in [0.05, 0.1) is 16.7 Å². The van der Waals surface area contributed by atoms with Gasteiger partial charge in [0.25, 0.3) is 11.2 Å². The van der Waals surface area contributed by atoms with E-state index >= 15 is 0 Å². The largest absolute Gasteiger partial charge is 0.461 e. The SMILES string of the molecule is Cc1c([N+](=O)[O-])ccc(=O)n1C(C)C(=O)OC(C)C. The summed E-state index contributed by atoms with van der Waals surface area (Å²) in [5.41, 5.74) is -0.550. The number of nitrogens with zero attached hydrogens (tertiary/aromatic N) is 2. The molecule has 19 heavy (non-hydrogen) atoms. The normalized spacial score (nSPS) is 12.3. The average Bonchev–Trinajstić information content (AvgIpc) is 2.27. The molecule has 0 saturated heterocycles. The van der Waals surface area contributed by atoms with Gasteiger partial charge in [0, 0.05) is 12.1 Å². The molecule has 1 unspecified atom stereocenters. The number of carbonyl (C=O) groups excluding carboxylic acids is 1. The van der Waals surface area contributed by atoms with Crippen LogP contribution in [0.15, 0.2) is 16.9 Å². The number of pyridine rings is 1. The second-order valence-electron chi connectivity index (χ2n) is 4.43. The lowest BCUT2D eigenvalue weighted by Gasteiger charge is -2.18. The summed E-state index contributed by atoms with van der Waals surface area (Å²) in [7, 11) is 0. The van der Waals surface area contributed by atoms with Gasteiger partial charge < -0.3 is 4.74 Å². The van der Waals surface area contributed by atoms with Gasteiger partial charge in [-0.25, -0.2) is 4.79 Å². The second kappa shape index (κ2) is 5.64. The van der Waals surface area contributed by atoms with Gasteiger partial charge in [-0.2, -0.15) is 0 Å². The summed E-state index contributed by atoms with van der Waals surface area (Å²) >= 11 is 0. The van der Waals surface area contributed by atoms with Crippen LogP contribution < -0.4 is 5.56 Å². The van der Waals surface area contributed by atoms with Crippen LogP contribution in [0.3, 0.4) is 0 Å². The second-order valence-corrected chi connectivity index (χ2v) is 4.43. The number of esters is 1. The van der Waals surface area contributed by atoms with Gasteiger partial charge in [0.1, 0.15) is 6.04 Å². The van der Waals surface area contributed by atoms with Crippen molar-refractivity contribution in [3.05, 3.63) is 38.3 Å². The van der Waals surface area contributed by atoms with E-state index < -0.39 is 22.5 Å². The van der Waals surface area contributed by atoms with Crippen molar-refractivity contribution in [2.45, 2.75) is 39.8 Å². The first-order valence-electron chi connectivity index (χ1n) is 5.82. The fourth-order valence-electron chi connectivity index (χ4n) is 1.75. The summed E-state index contributed by atoms with van der Waals surface area (Å²) in [5.74, 6) is -0.597. The molecule has 0 aliphatic rings. The monoisotopic (exact) mass is 268 g/mol. The van der Waals surface area contributed by atoms with Crippen LogP contribution in [0.1, 0.15) is 32.5 Å². The number of aromatic nitrogens is 1. The quantitative estimate of drug-likeness (QED) is 0.469. The fourth-order valence-corrected chi connectivity index (χ4v) is 1.75. The van der Waals surface area contributed by atoms with Gasteiger partial charge in [-0.1, -0.05) is 0 Å². The van der Waals surface area contributed by atoms with Crippen LogP contribution in [0.5, 0.6) is 0 Å². The summed E-state index contributed by atoms with van der Waals surface area (Å²) in [5, 5.41) is 10.8. The minimum atomic E-state index is -0.908. The van der Waals surface area contributed by atoms with Crippen LogP contribution in [-0.4, -0.2) is 21.6 Å². The molecule has 0 amide bonds. The van der Waals surface area contributed by atoms with Gasteiger partial charge in [-0.3, -0.25) is 19.5 Å². The predicted octanol–water partition coefficient (Wildman–Crippen LogP) is 1.58. The predicted molar refractivity (Wildman–Crippen MR) is 68.0 cm³/mol. The maximum Gasteiger partial charge on any atom is 0.329 e. The molecule has 0 fully saturated rings. The van der Waals surface area contributed by atoms with Crippen molar-refractivity contribution in [1.82, 2.24) is 4.57 Å². The summed E-state index contributed by atoms with van der Waals surface area (Å²) in [6, 6.07) is 1.30. The Morgan fingerprint density at radius 2 is 1.95 bits per heavy atom. The fraction of sp³-hybridized carbons (Fsp3) is 0.500. The first kappa shape index (κ1) is 14.9. The number of rotatable bonds is 4. The zero-order valence-electron chi connectivity index (χ0n) is 11.2. The molecule has 0 spiro atoms. The molecule has 1 rings (SSSR count). The maximum absolute atomic E-state index is 11.8. The first-order chi connectivity index (χ1) is 8.75. The molecule has 0 aromatic carbocycles. The van der Waals surface area contributed by atoms with Crippen molar-refractivity contribution in [3.8, 4) is 0 Å². The molecule has 0 aliphatic heterocycles. The van der Waals surface area contributed by atoms with Gasteiger partial charge >= 0.3 is 5.97 Å². The first-order valence-corrected chi connectivity index (χ1v) is 5.82. The van der Waals surface area contributed by atoms with Crippen molar-refractivity contribution >= 4 is 11.7 Å². The number of hydrogen-bond acceptors (Lipinski definition) is 5. The lowest BCUT2D eigenvalue weighted by molar-refractivity contribution is -0.386. The molecule has 104 valence electrons. The van der Waals surface area contributed by atoms with Crippen molar-refractivity contribution in [3.63, 3.8) is 0 Å². The van der Waals surface area contributed by atoms with Crippen LogP contribution in [0, 0.1) is 17.0 Å². The minimum absolute atomic E-state index is 0.130. The van der Waals surface area contributed by atoms with E-state index in [-0.39, 0.29) is 17.5 Å². The molecule has 1 aromatic rings. The number of nitro groups is 1. The Morgan fingerprint density at radius 3 is 2.42 bits per heavy atom. The van der Waals surface area contributed by atoms with Crippen molar-refractivity contribution < 1.29 is 14.5 Å². The molecule has 1 atom stereocenters. The number of ether oxygens (including phenoxy) is 1. The smallest absolute Gasteiger partial charge is 0.329 e. The Labute approximate surface area is 110 Å². The van der Waals surface area contributed by atoms with Gasteiger partial charge in [0.15, 0.2) is 0 Å². The molecular formula is C12H16N2O5. The van der Waals surface area contributed by atoms with E-state index in [4.69, 9.17) is 4.74 Å². The Morgan fingerprint density at radius 1 is 1.37 bits per heavy atom. The standard InChI is InChI=1S/C12H16N2O5/c1-7(2)19-12(16)9(4)13-8(3)10(14(17)18)5-6-11(13)15/h5-7,9H,1-4H3. The molecule has 0 aliphatic carbocycles. The lowest BCUT2D eigenvalue weighted by Crippen LogP contribution is -2.31. The van der Waals surface area contributed by atoms with E-state index in [2.05, 4.69) is 0 Å². The third kappa shape index (κ3) is 3.18. The Kier molecular flexibility index (Phi) is 4.42. The van der Waals surface area contributed by atoms with Crippen LogP contribution in [0.4, 0.5) is 5.69 Å². The highest BCUT2D eigenvalue weighted by Crippen LogP contribution is 2.18. The Balaban J connectivity index is 3.26. The summed E-state index contributed by atoms with van der Waals surface area (Å²) in [6.45, 7) is 6.28. The topological polar surface area (TPSA) is 91.4 Å². The highest BCUT2D eigenvalue weighted by molar-refractivity contribution is 5.74. The average molecular weight is 268 g/mol. The van der Waals surface area contributed by atoms with Crippen LogP contribution >= 0.6 is 0 Å². The third-order valence-corrected chi connectivity index (χ3v) is 2.63. The molecule has 0 N–H and O–H groups in total. The van der Waals surface area contributed by atoms with Gasteiger partial charge in [-0.15, -0.1) is 0 Å². The summed E-state index contributed by atoms with van der Waals surface area (Å²) in [4.78, 5) is 33.8.